The minimum atomic E-state index is 0.0673. The molecule has 6 heteroatoms. The van der Waals surface area contributed by atoms with Crippen LogP contribution in [0.4, 0.5) is 0 Å². The molecule has 1 amide bonds. The number of methoxy groups -OCH3 is 1. The van der Waals surface area contributed by atoms with Crippen LogP contribution in [-0.4, -0.2) is 45.8 Å². The maximum atomic E-state index is 12.8. The molecule has 0 radical (unpaired) electrons. The fourth-order valence-electron chi connectivity index (χ4n) is 3.50. The van der Waals surface area contributed by atoms with Gasteiger partial charge in [-0.2, -0.15) is 0 Å². The Kier molecular flexibility index (Phi) is 4.39. The molecule has 1 aliphatic heterocycles. The Morgan fingerprint density at radius 2 is 1.81 bits per heavy atom. The molecule has 1 saturated heterocycles. The molecule has 132 valence electrons. The van der Waals surface area contributed by atoms with Crippen LogP contribution in [0, 0.1) is 0 Å². The van der Waals surface area contributed by atoms with Crippen molar-refractivity contribution in [3.63, 3.8) is 0 Å². The molecule has 3 aromatic rings. The summed E-state index contributed by atoms with van der Waals surface area (Å²) in [4.78, 5) is 14.8. The van der Waals surface area contributed by atoms with Gasteiger partial charge in [-0.1, -0.05) is 18.2 Å². The van der Waals surface area contributed by atoms with Crippen molar-refractivity contribution in [3.05, 3.63) is 72.3 Å². The second-order valence-electron chi connectivity index (χ2n) is 6.39. The van der Waals surface area contributed by atoms with Crippen LogP contribution in [0.3, 0.4) is 0 Å². The van der Waals surface area contributed by atoms with E-state index in [1.165, 1.54) is 5.56 Å². The van der Waals surface area contributed by atoms with Crippen molar-refractivity contribution >= 4 is 5.91 Å². The average Bonchev–Trinajstić information content (AvgIpc) is 3.39. The topological polar surface area (TPSA) is 60.2 Å². The molecule has 0 spiro atoms. The zero-order valence-electron chi connectivity index (χ0n) is 14.6. The molecule has 1 atom stereocenters. The van der Waals surface area contributed by atoms with Crippen molar-refractivity contribution in [2.45, 2.75) is 12.3 Å². The number of ether oxygens (including phenoxy) is 1. The van der Waals surface area contributed by atoms with Gasteiger partial charge < -0.3 is 9.64 Å². The highest BCUT2D eigenvalue weighted by Gasteiger charge is 2.29. The van der Waals surface area contributed by atoms with E-state index in [0.29, 0.717) is 18.0 Å². The lowest BCUT2D eigenvalue weighted by Crippen LogP contribution is -2.28. The second-order valence-corrected chi connectivity index (χ2v) is 6.39. The third-order valence-corrected chi connectivity index (χ3v) is 4.89. The van der Waals surface area contributed by atoms with Crippen LogP contribution in [0.15, 0.2) is 61.2 Å². The van der Waals surface area contributed by atoms with E-state index in [9.17, 15) is 4.79 Å². The Morgan fingerprint density at radius 3 is 2.54 bits per heavy atom. The van der Waals surface area contributed by atoms with Crippen molar-refractivity contribution in [2.24, 2.45) is 0 Å². The number of carbonyl (C=O) groups is 1. The number of amides is 1. The highest BCUT2D eigenvalue weighted by atomic mass is 16.5. The first-order chi connectivity index (χ1) is 12.8. The van der Waals surface area contributed by atoms with Gasteiger partial charge in [0, 0.05) is 30.3 Å². The Balaban J connectivity index is 1.47. The van der Waals surface area contributed by atoms with E-state index in [0.717, 1.165) is 24.4 Å². The number of hydrogen-bond donors (Lipinski definition) is 0. The van der Waals surface area contributed by atoms with Crippen molar-refractivity contribution in [2.75, 3.05) is 20.2 Å². The summed E-state index contributed by atoms with van der Waals surface area (Å²) >= 11 is 0. The van der Waals surface area contributed by atoms with Gasteiger partial charge >= 0.3 is 0 Å². The summed E-state index contributed by atoms with van der Waals surface area (Å²) in [5, 5.41) is 7.60. The minimum absolute atomic E-state index is 0.0673. The molecule has 4 rings (SSSR count). The summed E-state index contributed by atoms with van der Waals surface area (Å²) in [6, 6.07) is 15.6. The molecule has 2 aromatic carbocycles. The molecule has 0 bridgehead atoms. The van der Waals surface area contributed by atoms with E-state index in [2.05, 4.69) is 16.3 Å². The Labute approximate surface area is 152 Å². The summed E-state index contributed by atoms with van der Waals surface area (Å²) in [5.41, 5.74) is 2.80. The van der Waals surface area contributed by atoms with E-state index in [1.54, 1.807) is 19.8 Å². The summed E-state index contributed by atoms with van der Waals surface area (Å²) in [6.07, 6.45) is 4.22. The Bertz CT molecular complexity index is 890. The maximum absolute atomic E-state index is 12.8. The lowest BCUT2D eigenvalue weighted by atomic mass is 9.97. The summed E-state index contributed by atoms with van der Waals surface area (Å²) in [5.74, 6) is 1.27. The highest BCUT2D eigenvalue weighted by Crippen LogP contribution is 2.33. The van der Waals surface area contributed by atoms with Gasteiger partial charge in [-0.15, -0.1) is 10.2 Å². The average molecular weight is 348 g/mol. The molecule has 1 fully saturated rings. The van der Waals surface area contributed by atoms with Crippen LogP contribution in [0.2, 0.25) is 0 Å². The van der Waals surface area contributed by atoms with Crippen LogP contribution in [0.25, 0.3) is 5.69 Å². The number of aromatic nitrogens is 3. The van der Waals surface area contributed by atoms with Gasteiger partial charge in [0.05, 0.1) is 7.11 Å². The smallest absolute Gasteiger partial charge is 0.253 e. The van der Waals surface area contributed by atoms with E-state index in [4.69, 9.17) is 4.74 Å². The van der Waals surface area contributed by atoms with Crippen molar-refractivity contribution < 1.29 is 9.53 Å². The molecule has 26 heavy (non-hydrogen) atoms. The van der Waals surface area contributed by atoms with Gasteiger partial charge in [0.15, 0.2) is 0 Å². The van der Waals surface area contributed by atoms with Gasteiger partial charge in [0.25, 0.3) is 5.91 Å². The number of nitrogens with zero attached hydrogens (tertiary/aromatic N) is 4. The first-order valence-electron chi connectivity index (χ1n) is 8.63. The lowest BCUT2D eigenvalue weighted by Gasteiger charge is -2.18. The molecular weight excluding hydrogens is 328 g/mol. The van der Waals surface area contributed by atoms with Gasteiger partial charge in [-0.05, 0) is 42.3 Å². The zero-order chi connectivity index (χ0) is 17.9. The molecule has 2 heterocycles. The fraction of sp³-hybridized carbons (Fsp3) is 0.250. The Morgan fingerprint density at radius 1 is 1.08 bits per heavy atom. The van der Waals surface area contributed by atoms with Crippen molar-refractivity contribution in [3.8, 4) is 11.4 Å². The van der Waals surface area contributed by atoms with Crippen LogP contribution in [0.5, 0.6) is 5.75 Å². The summed E-state index contributed by atoms with van der Waals surface area (Å²) in [6.45, 7) is 1.47. The number of hydrogen-bond acceptors (Lipinski definition) is 4. The van der Waals surface area contributed by atoms with Crippen LogP contribution in [-0.2, 0) is 0 Å². The highest BCUT2D eigenvalue weighted by molar-refractivity contribution is 5.94. The number of benzene rings is 2. The molecule has 1 aromatic heterocycles. The van der Waals surface area contributed by atoms with Crippen molar-refractivity contribution in [1.29, 1.82) is 0 Å². The van der Waals surface area contributed by atoms with E-state index in [1.807, 2.05) is 51.9 Å². The minimum Gasteiger partial charge on any atom is -0.496 e. The molecule has 1 aliphatic rings. The number of rotatable bonds is 4. The molecular formula is C20H20N4O2. The van der Waals surface area contributed by atoms with Gasteiger partial charge in [-0.3, -0.25) is 9.36 Å². The first kappa shape index (κ1) is 16.3. The van der Waals surface area contributed by atoms with E-state index < -0.39 is 0 Å². The third kappa shape index (κ3) is 3.06. The van der Waals surface area contributed by atoms with Gasteiger partial charge in [-0.25, -0.2) is 0 Å². The number of likely N-dealkylation sites (tertiary alicyclic amines) is 1. The van der Waals surface area contributed by atoms with Crippen LogP contribution < -0.4 is 4.74 Å². The van der Waals surface area contributed by atoms with Crippen LogP contribution >= 0.6 is 0 Å². The normalized spacial score (nSPS) is 16.7. The first-order valence-corrected chi connectivity index (χ1v) is 8.63. The third-order valence-electron chi connectivity index (χ3n) is 4.89. The zero-order valence-corrected chi connectivity index (χ0v) is 14.6. The molecule has 0 saturated carbocycles. The molecule has 6 nitrogen and oxygen atoms in total. The van der Waals surface area contributed by atoms with Gasteiger partial charge in [0.2, 0.25) is 0 Å². The second kappa shape index (κ2) is 7.00. The predicted octanol–water partition coefficient (Wildman–Crippen LogP) is 2.91. The predicted molar refractivity (Wildman–Crippen MR) is 97.6 cm³/mol. The molecule has 1 unspecified atom stereocenters. The largest absolute Gasteiger partial charge is 0.496 e. The van der Waals surface area contributed by atoms with Crippen LogP contribution in [0.1, 0.15) is 28.3 Å². The lowest BCUT2D eigenvalue weighted by molar-refractivity contribution is 0.0790. The number of para-hydroxylation sites is 1. The molecule has 0 aliphatic carbocycles. The Hall–Kier alpha value is -3.15. The van der Waals surface area contributed by atoms with E-state index >= 15 is 0 Å². The standard InChI is InChI=1S/C20H20N4O2/c1-26-19-5-3-2-4-18(19)16-10-11-23(12-16)20(25)15-6-8-17(9-7-15)24-13-21-22-14-24/h2-9,13-14,16H,10-12H2,1H3. The quantitative estimate of drug-likeness (QED) is 0.727. The van der Waals surface area contributed by atoms with E-state index in [-0.39, 0.29) is 5.91 Å². The van der Waals surface area contributed by atoms with Gasteiger partial charge in [0.1, 0.15) is 18.4 Å². The summed E-state index contributed by atoms with van der Waals surface area (Å²) < 4.78 is 7.28. The maximum Gasteiger partial charge on any atom is 0.253 e. The monoisotopic (exact) mass is 348 g/mol. The SMILES string of the molecule is COc1ccccc1C1CCN(C(=O)c2ccc(-n3cnnc3)cc2)C1. The molecule has 0 N–H and O–H groups in total. The number of carbonyl (C=O) groups excluding carboxylic acids is 1. The summed E-state index contributed by atoms with van der Waals surface area (Å²) in [7, 11) is 1.69. The van der Waals surface area contributed by atoms with Crippen molar-refractivity contribution in [1.82, 2.24) is 19.7 Å². The fourth-order valence-corrected chi connectivity index (χ4v) is 3.50.